The number of carbonyl (C=O) groups excluding carboxylic acids is 2. The van der Waals surface area contributed by atoms with Gasteiger partial charge in [0.15, 0.2) is 0 Å². The molecule has 2 amide bonds. The van der Waals surface area contributed by atoms with Gasteiger partial charge in [0.1, 0.15) is 0 Å². The number of hydrogen-bond donors (Lipinski definition) is 2. The van der Waals surface area contributed by atoms with Gasteiger partial charge in [-0.1, -0.05) is 66.2 Å². The Morgan fingerprint density at radius 2 is 1.55 bits per heavy atom. The predicted octanol–water partition coefficient (Wildman–Crippen LogP) is 3.86. The number of amides is 2. The van der Waals surface area contributed by atoms with Crippen LogP contribution in [0.3, 0.4) is 0 Å². The van der Waals surface area contributed by atoms with Crippen molar-refractivity contribution in [2.75, 3.05) is 0 Å². The van der Waals surface area contributed by atoms with Crippen LogP contribution in [0.4, 0.5) is 0 Å². The summed E-state index contributed by atoms with van der Waals surface area (Å²) in [4.78, 5) is 29.0. The number of aryl methyl sites for hydroxylation is 1. The first-order valence-electron chi connectivity index (χ1n) is 9.62. The highest BCUT2D eigenvalue weighted by molar-refractivity contribution is 5.79. The van der Waals surface area contributed by atoms with Crippen molar-refractivity contribution in [2.24, 2.45) is 0 Å². The Bertz CT molecular complexity index is 901. The molecule has 1 heterocycles. The Hall–Kier alpha value is -3.47. The average Bonchev–Trinajstić information content (AvgIpc) is 2.73. The highest BCUT2D eigenvalue weighted by Crippen LogP contribution is 2.22. The van der Waals surface area contributed by atoms with E-state index in [2.05, 4.69) is 15.6 Å². The van der Waals surface area contributed by atoms with Crippen LogP contribution in [0.5, 0.6) is 0 Å². The molecule has 2 atom stereocenters. The van der Waals surface area contributed by atoms with Gasteiger partial charge in [0.05, 0.1) is 24.2 Å². The van der Waals surface area contributed by atoms with Gasteiger partial charge in [-0.3, -0.25) is 14.6 Å². The molecule has 29 heavy (non-hydrogen) atoms. The Balaban J connectivity index is 1.80. The second-order valence-corrected chi connectivity index (χ2v) is 7.03. The number of nitrogens with zero attached hydrogens (tertiary/aromatic N) is 1. The molecule has 5 nitrogen and oxygen atoms in total. The Labute approximate surface area is 171 Å². The van der Waals surface area contributed by atoms with Crippen LogP contribution in [-0.2, 0) is 9.59 Å². The third kappa shape index (κ3) is 5.75. The van der Waals surface area contributed by atoms with E-state index in [1.165, 1.54) is 6.92 Å². The van der Waals surface area contributed by atoms with Crippen molar-refractivity contribution in [3.63, 3.8) is 0 Å². The third-order valence-corrected chi connectivity index (χ3v) is 4.67. The van der Waals surface area contributed by atoms with E-state index in [1.54, 1.807) is 6.20 Å². The number of pyridine rings is 1. The fourth-order valence-corrected chi connectivity index (χ4v) is 3.22. The van der Waals surface area contributed by atoms with E-state index in [4.69, 9.17) is 0 Å². The Morgan fingerprint density at radius 1 is 0.862 bits per heavy atom. The smallest absolute Gasteiger partial charge is 0.223 e. The third-order valence-electron chi connectivity index (χ3n) is 4.67. The zero-order valence-electron chi connectivity index (χ0n) is 16.6. The summed E-state index contributed by atoms with van der Waals surface area (Å²) in [6, 6.07) is 22.4. The van der Waals surface area contributed by atoms with Gasteiger partial charge in [0.2, 0.25) is 11.8 Å². The molecule has 0 aliphatic rings. The monoisotopic (exact) mass is 387 g/mol. The predicted molar refractivity (Wildman–Crippen MR) is 113 cm³/mol. The molecule has 3 rings (SSSR count). The minimum Gasteiger partial charge on any atom is -0.349 e. The highest BCUT2D eigenvalue weighted by atomic mass is 16.2. The molecule has 2 N–H and O–H groups in total. The maximum absolute atomic E-state index is 12.9. The lowest BCUT2D eigenvalue weighted by atomic mass is 10.00. The first-order valence-corrected chi connectivity index (χ1v) is 9.62. The van der Waals surface area contributed by atoms with Crippen LogP contribution in [0.15, 0.2) is 79.0 Å². The molecule has 0 aliphatic heterocycles. The van der Waals surface area contributed by atoms with Gasteiger partial charge in [-0.15, -0.1) is 0 Å². The summed E-state index contributed by atoms with van der Waals surface area (Å²) in [5, 5.41) is 5.97. The Kier molecular flexibility index (Phi) is 6.74. The molecule has 0 saturated heterocycles. The fraction of sp³-hybridized carbons (Fsp3) is 0.208. The summed E-state index contributed by atoms with van der Waals surface area (Å²) in [5.41, 5.74) is 3.73. The maximum atomic E-state index is 12.9. The lowest BCUT2D eigenvalue weighted by Crippen LogP contribution is -2.35. The molecule has 0 radical (unpaired) electrons. The quantitative estimate of drug-likeness (QED) is 0.647. The number of hydrogen-bond acceptors (Lipinski definition) is 3. The number of carbonyl (C=O) groups is 2. The van der Waals surface area contributed by atoms with E-state index in [0.29, 0.717) is 0 Å². The van der Waals surface area contributed by atoms with Crippen molar-refractivity contribution in [3.8, 4) is 0 Å². The van der Waals surface area contributed by atoms with Crippen molar-refractivity contribution in [3.05, 3.63) is 101 Å². The average molecular weight is 387 g/mol. The standard InChI is InChI=1S/C24H25N3O2/c1-17-11-13-19(14-12-17)22(26-18(2)28)16-23(29)27-24(20-8-4-3-5-9-20)21-10-6-7-15-25-21/h3-15,22,24H,16H2,1-2H3,(H,26,28)(H,27,29). The van der Waals surface area contributed by atoms with Gasteiger partial charge in [-0.25, -0.2) is 0 Å². The van der Waals surface area contributed by atoms with Crippen LogP contribution >= 0.6 is 0 Å². The number of rotatable bonds is 7. The molecule has 5 heteroatoms. The van der Waals surface area contributed by atoms with Crippen molar-refractivity contribution in [1.82, 2.24) is 15.6 Å². The zero-order chi connectivity index (χ0) is 20.6. The number of benzene rings is 2. The van der Waals surface area contributed by atoms with Crippen LogP contribution in [0.25, 0.3) is 0 Å². The van der Waals surface area contributed by atoms with E-state index in [1.807, 2.05) is 79.7 Å². The molecule has 0 spiro atoms. The molecular formula is C24H25N3O2. The molecule has 2 unspecified atom stereocenters. The van der Waals surface area contributed by atoms with Gasteiger partial charge >= 0.3 is 0 Å². The summed E-state index contributed by atoms with van der Waals surface area (Å²) in [6.45, 7) is 3.46. The Morgan fingerprint density at radius 3 is 2.17 bits per heavy atom. The molecule has 1 aromatic heterocycles. The van der Waals surface area contributed by atoms with E-state index >= 15 is 0 Å². The summed E-state index contributed by atoms with van der Waals surface area (Å²) in [5.74, 6) is -0.337. The lowest BCUT2D eigenvalue weighted by Gasteiger charge is -2.22. The summed E-state index contributed by atoms with van der Waals surface area (Å²) in [6.07, 6.45) is 1.85. The summed E-state index contributed by atoms with van der Waals surface area (Å²) >= 11 is 0. The normalized spacial score (nSPS) is 12.6. The van der Waals surface area contributed by atoms with Crippen molar-refractivity contribution >= 4 is 11.8 Å². The largest absolute Gasteiger partial charge is 0.349 e. The van der Waals surface area contributed by atoms with Crippen LogP contribution in [0.2, 0.25) is 0 Å². The lowest BCUT2D eigenvalue weighted by molar-refractivity contribution is -0.123. The molecule has 3 aromatic rings. The first kappa shape index (κ1) is 20.3. The molecule has 0 bridgehead atoms. The van der Waals surface area contributed by atoms with Gasteiger partial charge in [0.25, 0.3) is 0 Å². The first-order chi connectivity index (χ1) is 14.0. The SMILES string of the molecule is CC(=O)NC(CC(=O)NC(c1ccccc1)c1ccccn1)c1ccc(C)cc1. The summed E-state index contributed by atoms with van der Waals surface area (Å²) in [7, 11) is 0. The highest BCUT2D eigenvalue weighted by Gasteiger charge is 2.22. The molecule has 148 valence electrons. The minimum atomic E-state index is -0.395. The molecule has 0 fully saturated rings. The van der Waals surface area contributed by atoms with Crippen molar-refractivity contribution < 1.29 is 9.59 Å². The molecule has 0 saturated carbocycles. The van der Waals surface area contributed by atoms with Crippen molar-refractivity contribution in [2.45, 2.75) is 32.4 Å². The van der Waals surface area contributed by atoms with Gasteiger partial charge in [0, 0.05) is 13.1 Å². The van der Waals surface area contributed by atoms with E-state index in [-0.39, 0.29) is 24.3 Å². The topological polar surface area (TPSA) is 71.1 Å². The van der Waals surface area contributed by atoms with Crippen LogP contribution in [-0.4, -0.2) is 16.8 Å². The zero-order valence-corrected chi connectivity index (χ0v) is 16.6. The number of aromatic nitrogens is 1. The molecule has 2 aromatic carbocycles. The second kappa shape index (κ2) is 9.64. The minimum absolute atomic E-state index is 0.138. The molecular weight excluding hydrogens is 362 g/mol. The van der Waals surface area contributed by atoms with Gasteiger partial charge < -0.3 is 10.6 Å². The number of nitrogens with one attached hydrogen (secondary N) is 2. The van der Waals surface area contributed by atoms with E-state index in [0.717, 1.165) is 22.4 Å². The summed E-state index contributed by atoms with van der Waals surface area (Å²) < 4.78 is 0. The van der Waals surface area contributed by atoms with Gasteiger partial charge in [-0.05, 0) is 30.2 Å². The second-order valence-electron chi connectivity index (χ2n) is 7.03. The van der Waals surface area contributed by atoms with Crippen LogP contribution in [0, 0.1) is 6.92 Å². The van der Waals surface area contributed by atoms with Crippen LogP contribution < -0.4 is 10.6 Å². The van der Waals surface area contributed by atoms with Crippen molar-refractivity contribution in [1.29, 1.82) is 0 Å². The van der Waals surface area contributed by atoms with E-state index < -0.39 is 6.04 Å². The van der Waals surface area contributed by atoms with E-state index in [9.17, 15) is 9.59 Å². The maximum Gasteiger partial charge on any atom is 0.223 e. The molecule has 0 aliphatic carbocycles. The van der Waals surface area contributed by atoms with Gasteiger partial charge in [-0.2, -0.15) is 0 Å². The van der Waals surface area contributed by atoms with Crippen LogP contribution in [0.1, 0.15) is 47.8 Å². The fourth-order valence-electron chi connectivity index (χ4n) is 3.22.